The molecule has 0 unspecified atom stereocenters. The molecule has 1 saturated heterocycles. The molecule has 2 aliphatic heterocycles. The number of anilines is 1. The molecule has 106 valence electrons. The van der Waals surface area contributed by atoms with Gasteiger partial charge in [0.15, 0.2) is 0 Å². The highest BCUT2D eigenvalue weighted by Gasteiger charge is 2.35. The SMILES string of the molecule is O=C1C(=O)N(CCN2CCNCC2)c2ccc(Br)cc21. The summed E-state index contributed by atoms with van der Waals surface area (Å²) in [6.07, 6.45) is 0. The Morgan fingerprint density at radius 3 is 2.65 bits per heavy atom. The van der Waals surface area contributed by atoms with Crippen LogP contribution in [0.2, 0.25) is 0 Å². The summed E-state index contributed by atoms with van der Waals surface area (Å²) in [5.41, 5.74) is 1.24. The Hall–Kier alpha value is -1.24. The third-order valence-electron chi connectivity index (χ3n) is 3.78. The van der Waals surface area contributed by atoms with Gasteiger partial charge in [-0.3, -0.25) is 14.5 Å². The van der Waals surface area contributed by atoms with Crippen LogP contribution in [0, 0.1) is 0 Å². The van der Waals surface area contributed by atoms with Crippen molar-refractivity contribution in [3.05, 3.63) is 28.2 Å². The zero-order valence-corrected chi connectivity index (χ0v) is 12.6. The van der Waals surface area contributed by atoms with Crippen LogP contribution in [0.1, 0.15) is 10.4 Å². The summed E-state index contributed by atoms with van der Waals surface area (Å²) in [6.45, 7) is 5.31. The highest BCUT2D eigenvalue weighted by molar-refractivity contribution is 9.10. The van der Waals surface area contributed by atoms with E-state index in [1.807, 2.05) is 12.1 Å². The molecular weight excluding hydrogens is 322 g/mol. The first-order valence-electron chi connectivity index (χ1n) is 6.75. The lowest BCUT2D eigenvalue weighted by molar-refractivity contribution is -0.114. The first-order chi connectivity index (χ1) is 9.66. The topological polar surface area (TPSA) is 52.7 Å². The molecule has 1 N–H and O–H groups in total. The van der Waals surface area contributed by atoms with E-state index in [0.29, 0.717) is 12.1 Å². The molecule has 0 aromatic heterocycles. The van der Waals surface area contributed by atoms with E-state index in [1.54, 1.807) is 11.0 Å². The Morgan fingerprint density at radius 1 is 1.15 bits per heavy atom. The molecule has 2 aliphatic rings. The van der Waals surface area contributed by atoms with Crippen molar-refractivity contribution in [2.45, 2.75) is 0 Å². The van der Waals surface area contributed by atoms with Crippen molar-refractivity contribution in [2.24, 2.45) is 0 Å². The Kier molecular flexibility index (Phi) is 3.87. The molecule has 5 nitrogen and oxygen atoms in total. The maximum Gasteiger partial charge on any atom is 0.299 e. The highest BCUT2D eigenvalue weighted by atomic mass is 79.9. The van der Waals surface area contributed by atoms with Crippen LogP contribution >= 0.6 is 15.9 Å². The first-order valence-corrected chi connectivity index (χ1v) is 7.55. The van der Waals surface area contributed by atoms with Crippen molar-refractivity contribution in [1.29, 1.82) is 0 Å². The summed E-state index contributed by atoms with van der Waals surface area (Å²) in [6, 6.07) is 5.42. The minimum Gasteiger partial charge on any atom is -0.314 e. The van der Waals surface area contributed by atoms with Gasteiger partial charge in [-0.1, -0.05) is 15.9 Å². The number of rotatable bonds is 3. The standard InChI is InChI=1S/C14H16BrN3O2/c15-10-1-2-12-11(9-10)13(19)14(20)18(12)8-7-17-5-3-16-4-6-17/h1-2,9,16H,3-8H2. The van der Waals surface area contributed by atoms with Crippen LogP contribution in [0.25, 0.3) is 0 Å². The zero-order valence-electron chi connectivity index (χ0n) is 11.1. The van der Waals surface area contributed by atoms with Gasteiger partial charge in [0, 0.05) is 43.7 Å². The Morgan fingerprint density at radius 2 is 1.90 bits per heavy atom. The fourth-order valence-corrected chi connectivity index (χ4v) is 3.03. The van der Waals surface area contributed by atoms with Gasteiger partial charge in [0.2, 0.25) is 0 Å². The van der Waals surface area contributed by atoms with Gasteiger partial charge >= 0.3 is 0 Å². The van der Waals surface area contributed by atoms with Gasteiger partial charge in [0.05, 0.1) is 11.3 Å². The molecule has 0 aliphatic carbocycles. The third kappa shape index (κ3) is 2.51. The van der Waals surface area contributed by atoms with E-state index in [9.17, 15) is 9.59 Å². The van der Waals surface area contributed by atoms with Crippen molar-refractivity contribution in [3.8, 4) is 0 Å². The number of nitrogens with one attached hydrogen (secondary N) is 1. The van der Waals surface area contributed by atoms with Gasteiger partial charge in [-0.15, -0.1) is 0 Å². The molecule has 0 spiro atoms. The summed E-state index contributed by atoms with van der Waals surface area (Å²) in [4.78, 5) is 28.0. The van der Waals surface area contributed by atoms with Gasteiger partial charge in [-0.05, 0) is 18.2 Å². The van der Waals surface area contributed by atoms with Crippen molar-refractivity contribution in [2.75, 3.05) is 44.2 Å². The van der Waals surface area contributed by atoms with Gasteiger partial charge in [0.25, 0.3) is 11.7 Å². The van der Waals surface area contributed by atoms with Crippen LogP contribution < -0.4 is 10.2 Å². The lowest BCUT2D eigenvalue weighted by atomic mass is 10.1. The molecule has 0 saturated carbocycles. The summed E-state index contributed by atoms with van der Waals surface area (Å²) >= 11 is 3.34. The van der Waals surface area contributed by atoms with Crippen LogP contribution in [-0.4, -0.2) is 55.9 Å². The van der Waals surface area contributed by atoms with Crippen LogP contribution in [0.5, 0.6) is 0 Å². The van der Waals surface area contributed by atoms with Crippen molar-refractivity contribution in [3.63, 3.8) is 0 Å². The molecule has 0 bridgehead atoms. The minimum atomic E-state index is -0.409. The molecule has 0 radical (unpaired) electrons. The number of nitrogens with zero attached hydrogens (tertiary/aromatic N) is 2. The Labute approximate surface area is 126 Å². The number of halogens is 1. The van der Waals surface area contributed by atoms with Gasteiger partial charge in [0.1, 0.15) is 0 Å². The van der Waals surface area contributed by atoms with Crippen LogP contribution in [-0.2, 0) is 4.79 Å². The average Bonchev–Trinajstić information content (AvgIpc) is 2.70. The molecule has 20 heavy (non-hydrogen) atoms. The Bertz CT molecular complexity index is 555. The summed E-state index contributed by atoms with van der Waals surface area (Å²) < 4.78 is 0.821. The van der Waals surface area contributed by atoms with Crippen molar-refractivity contribution < 1.29 is 9.59 Å². The van der Waals surface area contributed by atoms with Gasteiger partial charge in [-0.25, -0.2) is 0 Å². The molecule has 6 heteroatoms. The summed E-state index contributed by atoms with van der Waals surface area (Å²) in [5.74, 6) is -0.810. The fraction of sp³-hybridized carbons (Fsp3) is 0.429. The maximum atomic E-state index is 12.1. The van der Waals surface area contributed by atoms with Gasteiger partial charge in [-0.2, -0.15) is 0 Å². The van der Waals surface area contributed by atoms with E-state index in [1.165, 1.54) is 0 Å². The molecule has 1 fully saturated rings. The van der Waals surface area contributed by atoms with E-state index in [-0.39, 0.29) is 0 Å². The predicted molar refractivity (Wildman–Crippen MR) is 80.1 cm³/mol. The molecule has 0 atom stereocenters. The number of piperazine rings is 1. The van der Waals surface area contributed by atoms with E-state index in [0.717, 1.165) is 42.9 Å². The molecule has 2 heterocycles. The van der Waals surface area contributed by atoms with E-state index >= 15 is 0 Å². The second kappa shape index (κ2) is 5.63. The molecule has 1 aromatic carbocycles. The molecular formula is C14H16BrN3O2. The quantitative estimate of drug-likeness (QED) is 0.832. The number of benzene rings is 1. The van der Waals surface area contributed by atoms with E-state index < -0.39 is 11.7 Å². The lowest BCUT2D eigenvalue weighted by Crippen LogP contribution is -2.47. The van der Waals surface area contributed by atoms with Crippen molar-refractivity contribution in [1.82, 2.24) is 10.2 Å². The fourth-order valence-electron chi connectivity index (χ4n) is 2.67. The number of carbonyl (C=O) groups excluding carboxylic acids is 2. The number of ketones is 1. The van der Waals surface area contributed by atoms with Gasteiger partial charge < -0.3 is 10.2 Å². The van der Waals surface area contributed by atoms with Crippen LogP contribution in [0.3, 0.4) is 0 Å². The van der Waals surface area contributed by atoms with Crippen LogP contribution in [0.15, 0.2) is 22.7 Å². The number of fused-ring (bicyclic) bond motifs is 1. The largest absolute Gasteiger partial charge is 0.314 e. The highest BCUT2D eigenvalue weighted by Crippen LogP contribution is 2.31. The minimum absolute atomic E-state index is 0.401. The number of carbonyl (C=O) groups is 2. The maximum absolute atomic E-state index is 12.1. The Balaban J connectivity index is 1.74. The number of Topliss-reactive ketones (excluding diaryl/α,β-unsaturated/α-hetero) is 1. The normalized spacial score (nSPS) is 19.6. The average molecular weight is 338 g/mol. The monoisotopic (exact) mass is 337 g/mol. The molecule has 3 rings (SSSR count). The second-order valence-electron chi connectivity index (χ2n) is 5.04. The third-order valence-corrected chi connectivity index (χ3v) is 4.28. The summed E-state index contributed by atoms with van der Waals surface area (Å²) in [7, 11) is 0. The molecule has 1 aromatic rings. The van der Waals surface area contributed by atoms with Crippen molar-refractivity contribution >= 4 is 33.3 Å². The zero-order chi connectivity index (χ0) is 14.1. The number of hydrogen-bond acceptors (Lipinski definition) is 4. The summed E-state index contributed by atoms with van der Waals surface area (Å²) in [5, 5.41) is 3.30. The number of amides is 1. The first kappa shape index (κ1) is 13.7. The van der Waals surface area contributed by atoms with E-state index in [4.69, 9.17) is 0 Å². The second-order valence-corrected chi connectivity index (χ2v) is 5.95. The van der Waals surface area contributed by atoms with Crippen LogP contribution in [0.4, 0.5) is 5.69 Å². The smallest absolute Gasteiger partial charge is 0.299 e. The molecule has 1 amide bonds. The number of hydrogen-bond donors (Lipinski definition) is 1. The lowest BCUT2D eigenvalue weighted by Gasteiger charge is -2.29. The predicted octanol–water partition coefficient (Wildman–Crippen LogP) is 0.884. The van der Waals surface area contributed by atoms with E-state index in [2.05, 4.69) is 26.1 Å².